The van der Waals surface area contributed by atoms with Crippen LogP contribution < -0.4 is 16.1 Å². The van der Waals surface area contributed by atoms with Crippen molar-refractivity contribution in [3.05, 3.63) is 81.1 Å². The Labute approximate surface area is 212 Å². The summed E-state index contributed by atoms with van der Waals surface area (Å²) in [6.45, 7) is 3.78. The Bertz CT molecular complexity index is 1390. The van der Waals surface area contributed by atoms with Gasteiger partial charge in [-0.1, -0.05) is 30.3 Å². The van der Waals surface area contributed by atoms with Crippen LogP contribution in [0, 0.1) is 11.6 Å². The molecule has 0 saturated heterocycles. The van der Waals surface area contributed by atoms with Gasteiger partial charge in [0.15, 0.2) is 5.82 Å². The molecule has 1 heterocycles. The van der Waals surface area contributed by atoms with Gasteiger partial charge in [0, 0.05) is 18.8 Å². The second kappa shape index (κ2) is 10.7. The number of likely N-dealkylation sites (N-methyl/N-ethyl adjacent to an activating group) is 1. The summed E-state index contributed by atoms with van der Waals surface area (Å²) in [6.07, 6.45) is 1.03. The number of amides is 1. The van der Waals surface area contributed by atoms with Crippen LogP contribution >= 0.6 is 0 Å². The van der Waals surface area contributed by atoms with E-state index in [-0.39, 0.29) is 35.2 Å². The summed E-state index contributed by atoms with van der Waals surface area (Å²) in [5.41, 5.74) is -2.17. The molecule has 1 aromatic heterocycles. The molecule has 1 atom stereocenters. The van der Waals surface area contributed by atoms with Crippen LogP contribution in [0.4, 0.5) is 13.6 Å². The lowest BCUT2D eigenvalue weighted by atomic mass is 9.99. The first-order chi connectivity index (χ1) is 17.7. The Hall–Kier alpha value is -3.79. The maximum Gasteiger partial charge on any atom is 0.408 e. The van der Waals surface area contributed by atoms with Crippen molar-refractivity contribution in [2.45, 2.75) is 44.9 Å². The summed E-state index contributed by atoms with van der Waals surface area (Å²) in [6, 6.07) is 9.55. The van der Waals surface area contributed by atoms with Crippen LogP contribution in [0.5, 0.6) is 0 Å². The second-order valence-electron chi connectivity index (χ2n) is 9.12. The van der Waals surface area contributed by atoms with Gasteiger partial charge in [0.2, 0.25) is 5.43 Å². The average molecular weight is 514 g/mol. The number of halogens is 2. The molecule has 0 radical (unpaired) electrons. The number of hydrogen-bond donors (Lipinski definition) is 2. The molecule has 4 rings (SSSR count). The zero-order valence-corrected chi connectivity index (χ0v) is 20.9. The van der Waals surface area contributed by atoms with Gasteiger partial charge in [-0.3, -0.25) is 4.79 Å². The third kappa shape index (κ3) is 5.20. The Morgan fingerprint density at radius 2 is 1.86 bits per heavy atom. The molecule has 196 valence electrons. The van der Waals surface area contributed by atoms with Gasteiger partial charge in [-0.2, -0.15) is 0 Å². The van der Waals surface area contributed by atoms with E-state index in [1.807, 2.05) is 6.07 Å². The number of ether oxygens (including phenoxy) is 2. The van der Waals surface area contributed by atoms with Crippen molar-refractivity contribution in [1.29, 1.82) is 0 Å². The number of hydrogen-bond acceptors (Lipinski definition) is 6. The lowest BCUT2D eigenvalue weighted by molar-refractivity contribution is 0.0524. The number of nitrogens with zero attached hydrogens (tertiary/aromatic N) is 1. The van der Waals surface area contributed by atoms with E-state index in [9.17, 15) is 14.4 Å². The number of carbonyl (C=O) groups is 2. The molecule has 3 aromatic rings. The van der Waals surface area contributed by atoms with Gasteiger partial charge in [-0.15, -0.1) is 0 Å². The molecule has 2 aromatic carbocycles. The number of esters is 1. The predicted octanol–water partition coefficient (Wildman–Crippen LogP) is 4.15. The third-order valence-electron chi connectivity index (χ3n) is 6.46. The Kier molecular flexibility index (Phi) is 7.58. The number of carbonyl (C=O) groups excluding carboxylic acids is 2. The van der Waals surface area contributed by atoms with Crippen molar-refractivity contribution in [1.82, 2.24) is 15.2 Å². The summed E-state index contributed by atoms with van der Waals surface area (Å²) in [7, 11) is 1.71. The largest absolute Gasteiger partial charge is 0.462 e. The third-order valence-corrected chi connectivity index (χ3v) is 6.46. The molecule has 2 N–H and O–H groups in total. The van der Waals surface area contributed by atoms with Gasteiger partial charge in [-0.25, -0.2) is 18.4 Å². The number of nitrogens with one attached hydrogen (secondary N) is 2. The molecular weight excluding hydrogens is 484 g/mol. The van der Waals surface area contributed by atoms with E-state index in [4.69, 9.17) is 9.47 Å². The van der Waals surface area contributed by atoms with Crippen molar-refractivity contribution >= 4 is 23.0 Å². The van der Waals surface area contributed by atoms with Crippen LogP contribution in [0.3, 0.4) is 0 Å². The summed E-state index contributed by atoms with van der Waals surface area (Å²) in [4.78, 5) is 38.1. The van der Waals surface area contributed by atoms with E-state index in [0.29, 0.717) is 19.4 Å². The lowest BCUT2D eigenvalue weighted by Gasteiger charge is -2.24. The van der Waals surface area contributed by atoms with E-state index in [2.05, 4.69) is 10.6 Å². The molecule has 0 unspecified atom stereocenters. The summed E-state index contributed by atoms with van der Waals surface area (Å²) in [5.74, 6) is -2.82. The van der Waals surface area contributed by atoms with E-state index in [0.717, 1.165) is 11.6 Å². The molecule has 0 spiro atoms. The van der Waals surface area contributed by atoms with E-state index in [1.165, 1.54) is 10.8 Å². The molecule has 0 bridgehead atoms. The van der Waals surface area contributed by atoms with Gasteiger partial charge in [0.05, 0.1) is 28.6 Å². The van der Waals surface area contributed by atoms with Crippen LogP contribution in [0.15, 0.2) is 47.4 Å². The molecule has 1 saturated carbocycles. The van der Waals surface area contributed by atoms with Crippen molar-refractivity contribution < 1.29 is 27.8 Å². The fourth-order valence-electron chi connectivity index (χ4n) is 4.49. The average Bonchev–Trinajstić information content (AvgIpc) is 3.63. The number of benzene rings is 2. The zero-order chi connectivity index (χ0) is 26.7. The molecule has 1 amide bonds. The van der Waals surface area contributed by atoms with E-state index in [1.54, 1.807) is 45.2 Å². The fraction of sp³-hybridized carbons (Fsp3) is 0.370. The summed E-state index contributed by atoms with van der Waals surface area (Å²) in [5, 5.41) is 5.31. The molecule has 10 heteroatoms. The SMILES string of the molecule is CCOC(=O)c1cn([C@@H](C)CNC)c2c(F)c(C3(NC(=O)OCc4ccccc4)CC3)c(F)cc2c1=O. The van der Waals surface area contributed by atoms with Gasteiger partial charge < -0.3 is 24.7 Å². The number of fused-ring (bicyclic) bond motifs is 1. The molecular formula is C27H29F2N3O5. The van der Waals surface area contributed by atoms with E-state index < -0.39 is 40.7 Å². The monoisotopic (exact) mass is 513 g/mol. The molecule has 1 aliphatic carbocycles. The summed E-state index contributed by atoms with van der Waals surface area (Å²) >= 11 is 0. The minimum absolute atomic E-state index is 0.00312. The van der Waals surface area contributed by atoms with Crippen molar-refractivity contribution in [2.75, 3.05) is 20.2 Å². The van der Waals surface area contributed by atoms with Gasteiger partial charge >= 0.3 is 12.1 Å². The van der Waals surface area contributed by atoms with E-state index >= 15 is 8.78 Å². The van der Waals surface area contributed by atoms with Crippen LogP contribution in [0.25, 0.3) is 10.9 Å². The van der Waals surface area contributed by atoms with Gasteiger partial charge in [0.25, 0.3) is 0 Å². The van der Waals surface area contributed by atoms with Crippen LogP contribution in [-0.2, 0) is 21.6 Å². The minimum atomic E-state index is -1.30. The predicted molar refractivity (Wildman–Crippen MR) is 133 cm³/mol. The molecule has 37 heavy (non-hydrogen) atoms. The fourth-order valence-corrected chi connectivity index (χ4v) is 4.49. The highest BCUT2D eigenvalue weighted by atomic mass is 19.1. The maximum absolute atomic E-state index is 16.2. The normalized spacial score (nSPS) is 14.7. The van der Waals surface area contributed by atoms with Crippen molar-refractivity contribution in [3.63, 3.8) is 0 Å². The molecule has 8 nitrogen and oxygen atoms in total. The number of rotatable bonds is 9. The van der Waals surface area contributed by atoms with Crippen molar-refractivity contribution in [2.24, 2.45) is 0 Å². The first-order valence-corrected chi connectivity index (χ1v) is 12.1. The quantitative estimate of drug-likeness (QED) is 0.417. The van der Waals surface area contributed by atoms with Crippen LogP contribution in [-0.4, -0.2) is 36.8 Å². The number of alkyl carbamates (subject to hydrolysis) is 1. The van der Waals surface area contributed by atoms with Crippen LogP contribution in [0.2, 0.25) is 0 Å². The second-order valence-corrected chi connectivity index (χ2v) is 9.12. The highest BCUT2D eigenvalue weighted by Gasteiger charge is 2.50. The van der Waals surface area contributed by atoms with Gasteiger partial charge in [0.1, 0.15) is 18.0 Å². The highest BCUT2D eigenvalue weighted by molar-refractivity contribution is 5.94. The Balaban J connectivity index is 1.76. The topological polar surface area (TPSA) is 98.7 Å². The maximum atomic E-state index is 16.2. The molecule has 0 aliphatic heterocycles. The van der Waals surface area contributed by atoms with Crippen LogP contribution in [0.1, 0.15) is 54.2 Å². The first-order valence-electron chi connectivity index (χ1n) is 12.1. The zero-order valence-electron chi connectivity index (χ0n) is 20.9. The number of aromatic nitrogens is 1. The standard InChI is InChI=1S/C27H29F2N3O5/c1-4-36-25(34)19-14-32(16(2)13-30-3)23-18(24(19)33)12-20(28)21(22(23)29)27(10-11-27)31-26(35)37-15-17-8-6-5-7-9-17/h5-9,12,14,16,30H,4,10-11,13,15H2,1-3H3,(H,31,35)/t16-/m0/s1. The van der Waals surface area contributed by atoms with Gasteiger partial charge in [-0.05, 0) is 45.4 Å². The first kappa shape index (κ1) is 26.3. The Morgan fingerprint density at radius 1 is 1.16 bits per heavy atom. The molecule has 1 aliphatic rings. The summed E-state index contributed by atoms with van der Waals surface area (Å²) < 4.78 is 43.3. The van der Waals surface area contributed by atoms with Crippen molar-refractivity contribution in [3.8, 4) is 0 Å². The lowest BCUT2D eigenvalue weighted by Crippen LogP contribution is -2.37. The molecule has 1 fully saturated rings. The highest BCUT2D eigenvalue weighted by Crippen LogP contribution is 2.48. The smallest absolute Gasteiger partial charge is 0.408 e. The Morgan fingerprint density at radius 3 is 2.49 bits per heavy atom. The number of pyridine rings is 1. The minimum Gasteiger partial charge on any atom is -0.462 e.